The van der Waals surface area contributed by atoms with Crippen molar-refractivity contribution in [1.29, 1.82) is 0 Å². The van der Waals surface area contributed by atoms with Crippen LogP contribution in [0, 0.1) is 11.8 Å². The van der Waals surface area contributed by atoms with Crippen LogP contribution in [-0.2, 0) is 6.42 Å². The van der Waals surface area contributed by atoms with Gasteiger partial charge in [-0.25, -0.2) is 0 Å². The third-order valence-electron chi connectivity index (χ3n) is 5.17. The van der Waals surface area contributed by atoms with Crippen LogP contribution in [0.5, 0.6) is 0 Å². The zero-order valence-corrected chi connectivity index (χ0v) is 14.3. The molecule has 0 spiro atoms. The van der Waals surface area contributed by atoms with E-state index in [1.54, 1.807) is 6.26 Å². The number of nitrogens with one attached hydrogen (secondary N) is 1. The monoisotopic (exact) mass is 292 g/mol. The smallest absolute Gasteiger partial charge is 0.105 e. The van der Waals surface area contributed by atoms with E-state index in [4.69, 9.17) is 4.42 Å². The molecule has 3 nitrogen and oxygen atoms in total. The van der Waals surface area contributed by atoms with E-state index in [1.807, 2.05) is 6.07 Å². The summed E-state index contributed by atoms with van der Waals surface area (Å²) in [6, 6.07) is 5.84. The average Bonchev–Trinajstić information content (AvgIpc) is 2.98. The summed E-state index contributed by atoms with van der Waals surface area (Å²) < 4.78 is 5.54. The van der Waals surface area contributed by atoms with Gasteiger partial charge in [-0.2, -0.15) is 0 Å². The molecule has 0 amide bonds. The Bertz CT molecular complexity index is 401. The third kappa shape index (κ3) is 4.10. The van der Waals surface area contributed by atoms with Crippen molar-refractivity contribution in [3.8, 4) is 0 Å². The summed E-state index contributed by atoms with van der Waals surface area (Å²) in [6.45, 7) is 13.9. The minimum atomic E-state index is 0.525. The molecule has 0 radical (unpaired) electrons. The molecule has 0 aliphatic carbocycles. The third-order valence-corrected chi connectivity index (χ3v) is 5.17. The molecule has 0 saturated carbocycles. The fourth-order valence-corrected chi connectivity index (χ4v) is 3.44. The molecule has 3 heteroatoms. The zero-order valence-electron chi connectivity index (χ0n) is 14.3. The summed E-state index contributed by atoms with van der Waals surface area (Å²) in [7, 11) is 0. The second-order valence-corrected chi connectivity index (χ2v) is 7.04. The van der Waals surface area contributed by atoms with E-state index in [1.165, 1.54) is 6.42 Å². The second-order valence-electron chi connectivity index (χ2n) is 7.04. The zero-order chi connectivity index (χ0) is 15.4. The summed E-state index contributed by atoms with van der Waals surface area (Å²) in [5.41, 5.74) is 0. The van der Waals surface area contributed by atoms with Crippen LogP contribution in [0.1, 0.15) is 46.8 Å². The summed E-state index contributed by atoms with van der Waals surface area (Å²) >= 11 is 0. The maximum atomic E-state index is 5.54. The van der Waals surface area contributed by atoms with Crippen molar-refractivity contribution in [3.63, 3.8) is 0 Å². The van der Waals surface area contributed by atoms with Crippen LogP contribution < -0.4 is 5.32 Å². The molecule has 1 aromatic heterocycles. The van der Waals surface area contributed by atoms with E-state index in [0.29, 0.717) is 24.0 Å². The molecule has 1 fully saturated rings. The Labute approximate surface area is 130 Å². The van der Waals surface area contributed by atoms with Gasteiger partial charge in [0.25, 0.3) is 0 Å². The van der Waals surface area contributed by atoms with Crippen LogP contribution in [-0.4, -0.2) is 36.1 Å². The van der Waals surface area contributed by atoms with Crippen molar-refractivity contribution in [2.75, 3.05) is 13.1 Å². The first-order valence-electron chi connectivity index (χ1n) is 8.54. The summed E-state index contributed by atoms with van der Waals surface area (Å²) in [6.07, 6.45) is 4.02. The molecule has 1 saturated heterocycles. The molecule has 0 bridgehead atoms. The molecule has 4 unspecified atom stereocenters. The first kappa shape index (κ1) is 16.6. The van der Waals surface area contributed by atoms with Crippen molar-refractivity contribution in [3.05, 3.63) is 24.2 Å². The van der Waals surface area contributed by atoms with Gasteiger partial charge in [0.15, 0.2) is 0 Å². The second kappa shape index (κ2) is 7.46. The van der Waals surface area contributed by atoms with E-state index in [9.17, 15) is 0 Å². The Hall–Kier alpha value is -0.800. The summed E-state index contributed by atoms with van der Waals surface area (Å²) in [5, 5.41) is 3.78. The number of furan rings is 1. The highest BCUT2D eigenvalue weighted by atomic mass is 16.3. The lowest BCUT2D eigenvalue weighted by Gasteiger charge is -2.47. The minimum Gasteiger partial charge on any atom is -0.469 e. The van der Waals surface area contributed by atoms with Gasteiger partial charge in [-0.05, 0) is 30.9 Å². The molecule has 21 heavy (non-hydrogen) atoms. The number of rotatable bonds is 6. The van der Waals surface area contributed by atoms with Gasteiger partial charge >= 0.3 is 0 Å². The largest absolute Gasteiger partial charge is 0.469 e. The molecule has 2 heterocycles. The minimum absolute atomic E-state index is 0.525. The Kier molecular flexibility index (Phi) is 5.88. The maximum absolute atomic E-state index is 5.54. The van der Waals surface area contributed by atoms with Crippen LogP contribution in [0.4, 0.5) is 0 Å². The molecular weight excluding hydrogens is 260 g/mol. The van der Waals surface area contributed by atoms with E-state index in [2.05, 4.69) is 50.9 Å². The van der Waals surface area contributed by atoms with Gasteiger partial charge in [0, 0.05) is 37.6 Å². The van der Waals surface area contributed by atoms with Crippen molar-refractivity contribution >= 4 is 0 Å². The Morgan fingerprint density at radius 3 is 2.67 bits per heavy atom. The standard InChI is InChI=1S/C18H32N2O/c1-6-14(4)17-12-20(18(11-19-17)13(2)3)15(5)10-16-8-7-9-21-16/h7-9,13-15,17-19H,6,10-12H2,1-5H3. The Morgan fingerprint density at radius 2 is 2.10 bits per heavy atom. The normalized spacial score (nSPS) is 27.0. The lowest BCUT2D eigenvalue weighted by molar-refractivity contribution is 0.0476. The highest BCUT2D eigenvalue weighted by Gasteiger charge is 2.34. The summed E-state index contributed by atoms with van der Waals surface area (Å²) in [4.78, 5) is 2.71. The van der Waals surface area contributed by atoms with Gasteiger partial charge in [0.05, 0.1) is 6.26 Å². The molecule has 1 aromatic rings. The van der Waals surface area contributed by atoms with Crippen molar-refractivity contribution in [1.82, 2.24) is 10.2 Å². The van der Waals surface area contributed by atoms with Gasteiger partial charge in [0.1, 0.15) is 5.76 Å². The molecule has 0 aromatic carbocycles. The van der Waals surface area contributed by atoms with Gasteiger partial charge in [0.2, 0.25) is 0 Å². The van der Waals surface area contributed by atoms with Gasteiger partial charge in [-0.1, -0.05) is 34.1 Å². The maximum Gasteiger partial charge on any atom is 0.105 e. The van der Waals surface area contributed by atoms with E-state index >= 15 is 0 Å². The molecule has 1 aliphatic heterocycles. The Balaban J connectivity index is 2.05. The molecular formula is C18H32N2O. The topological polar surface area (TPSA) is 28.4 Å². The number of hydrogen-bond donors (Lipinski definition) is 1. The van der Waals surface area contributed by atoms with Gasteiger partial charge < -0.3 is 9.73 Å². The van der Waals surface area contributed by atoms with Crippen LogP contribution >= 0.6 is 0 Å². The van der Waals surface area contributed by atoms with E-state index in [-0.39, 0.29) is 0 Å². The fraction of sp³-hybridized carbons (Fsp3) is 0.778. The average molecular weight is 292 g/mol. The first-order chi connectivity index (χ1) is 10.0. The first-order valence-corrected chi connectivity index (χ1v) is 8.54. The van der Waals surface area contributed by atoms with Crippen LogP contribution in [0.15, 0.2) is 22.8 Å². The van der Waals surface area contributed by atoms with E-state index < -0.39 is 0 Å². The lowest BCUT2D eigenvalue weighted by atomic mass is 9.90. The van der Waals surface area contributed by atoms with Crippen LogP contribution in [0.3, 0.4) is 0 Å². The van der Waals surface area contributed by atoms with E-state index in [0.717, 1.165) is 31.2 Å². The molecule has 1 N–H and O–H groups in total. The Morgan fingerprint density at radius 1 is 1.33 bits per heavy atom. The quantitative estimate of drug-likeness (QED) is 0.869. The number of nitrogens with zero attached hydrogens (tertiary/aromatic N) is 1. The highest BCUT2D eigenvalue weighted by molar-refractivity contribution is 5.02. The predicted molar refractivity (Wildman–Crippen MR) is 88.5 cm³/mol. The molecule has 4 atom stereocenters. The lowest BCUT2D eigenvalue weighted by Crippen LogP contribution is -2.62. The highest BCUT2D eigenvalue weighted by Crippen LogP contribution is 2.23. The van der Waals surface area contributed by atoms with Crippen LogP contribution in [0.25, 0.3) is 0 Å². The number of piperazine rings is 1. The summed E-state index contributed by atoms with van der Waals surface area (Å²) in [5.74, 6) is 2.51. The van der Waals surface area contributed by atoms with Gasteiger partial charge in [-0.15, -0.1) is 0 Å². The molecule has 1 aliphatic rings. The predicted octanol–water partition coefficient (Wildman–Crippen LogP) is 3.56. The van der Waals surface area contributed by atoms with Gasteiger partial charge in [-0.3, -0.25) is 4.90 Å². The van der Waals surface area contributed by atoms with Crippen LogP contribution in [0.2, 0.25) is 0 Å². The molecule has 2 rings (SSSR count). The van der Waals surface area contributed by atoms with Crippen molar-refractivity contribution in [2.45, 2.75) is 65.6 Å². The fourth-order valence-electron chi connectivity index (χ4n) is 3.44. The molecule has 120 valence electrons. The number of hydrogen-bond acceptors (Lipinski definition) is 3. The van der Waals surface area contributed by atoms with Crippen molar-refractivity contribution < 1.29 is 4.42 Å². The van der Waals surface area contributed by atoms with Crippen molar-refractivity contribution in [2.24, 2.45) is 11.8 Å². The SMILES string of the molecule is CCC(C)C1CN(C(C)Cc2ccco2)C(C(C)C)CN1.